The smallest absolute Gasteiger partial charge is 0.372 e. The van der Waals surface area contributed by atoms with Crippen molar-refractivity contribution in [1.29, 1.82) is 0 Å². The molecule has 1 heterocycles. The Morgan fingerprint density at radius 3 is 2.53 bits per heavy atom. The molecule has 1 rings (SSSR count). The molecule has 0 atom stereocenters. The van der Waals surface area contributed by atoms with Gasteiger partial charge >= 0.3 is 6.18 Å². The van der Waals surface area contributed by atoms with Crippen LogP contribution in [0.1, 0.15) is 26.2 Å². The fourth-order valence-corrected chi connectivity index (χ4v) is 2.25. The molecule has 0 aromatic carbocycles. The van der Waals surface area contributed by atoms with Crippen LogP contribution in [0.4, 0.5) is 13.2 Å². The number of hydrogen-bond acceptors (Lipinski definition) is 3. The van der Waals surface area contributed by atoms with Crippen molar-refractivity contribution in [2.45, 2.75) is 38.4 Å². The molecule has 19 heavy (non-hydrogen) atoms. The number of rotatable bonds is 6. The summed E-state index contributed by atoms with van der Waals surface area (Å²) in [6, 6.07) is 0.196. The van der Waals surface area contributed by atoms with E-state index in [1.165, 1.54) is 0 Å². The number of alkyl halides is 3. The molecule has 112 valence electrons. The molecule has 0 saturated carbocycles. The van der Waals surface area contributed by atoms with Crippen LogP contribution < -0.4 is 5.32 Å². The standard InChI is InChI=1S/C12H21F3N2O2/c1-2-17(10-3-6-16-7-4-10)11(18)5-8-19-9-12(13,14)15/h10,16H,2-9H2,1H3. The quantitative estimate of drug-likeness (QED) is 0.752. The molecule has 7 heteroatoms. The number of ether oxygens (including phenoxy) is 1. The molecule has 1 fully saturated rings. The summed E-state index contributed by atoms with van der Waals surface area (Å²) in [5.41, 5.74) is 0. The van der Waals surface area contributed by atoms with Gasteiger partial charge < -0.3 is 15.0 Å². The van der Waals surface area contributed by atoms with Crippen molar-refractivity contribution in [3.8, 4) is 0 Å². The van der Waals surface area contributed by atoms with E-state index in [0.29, 0.717) is 6.54 Å². The van der Waals surface area contributed by atoms with Crippen LogP contribution in [-0.4, -0.2) is 55.9 Å². The molecule has 1 aliphatic rings. The zero-order valence-corrected chi connectivity index (χ0v) is 11.1. The van der Waals surface area contributed by atoms with Gasteiger partial charge in [-0.05, 0) is 32.9 Å². The normalized spacial score (nSPS) is 17.5. The second-order valence-electron chi connectivity index (χ2n) is 4.58. The predicted octanol–water partition coefficient (Wildman–Crippen LogP) is 1.56. The third-order valence-corrected chi connectivity index (χ3v) is 3.14. The molecule has 0 aliphatic carbocycles. The van der Waals surface area contributed by atoms with Crippen LogP contribution in [0.15, 0.2) is 0 Å². The van der Waals surface area contributed by atoms with Gasteiger partial charge in [0.2, 0.25) is 5.91 Å². The van der Waals surface area contributed by atoms with E-state index in [-0.39, 0.29) is 25.0 Å². The number of carbonyl (C=O) groups is 1. The summed E-state index contributed by atoms with van der Waals surface area (Å²) in [7, 11) is 0. The fraction of sp³-hybridized carbons (Fsp3) is 0.917. The van der Waals surface area contributed by atoms with Gasteiger partial charge in [-0.15, -0.1) is 0 Å². The summed E-state index contributed by atoms with van der Waals surface area (Å²) >= 11 is 0. The number of halogens is 3. The number of nitrogens with zero attached hydrogens (tertiary/aromatic N) is 1. The highest BCUT2D eigenvalue weighted by Crippen LogP contribution is 2.15. The van der Waals surface area contributed by atoms with Crippen molar-refractivity contribution in [2.75, 3.05) is 32.8 Å². The lowest BCUT2D eigenvalue weighted by Gasteiger charge is -2.34. The topological polar surface area (TPSA) is 41.6 Å². The molecule has 0 aromatic heterocycles. The van der Waals surface area contributed by atoms with Gasteiger partial charge in [-0.3, -0.25) is 4.79 Å². The molecule has 0 radical (unpaired) electrons. The number of nitrogens with one attached hydrogen (secondary N) is 1. The minimum absolute atomic E-state index is 0.00779. The molecule has 0 bridgehead atoms. The first-order chi connectivity index (χ1) is 8.94. The van der Waals surface area contributed by atoms with Crippen LogP contribution in [0, 0.1) is 0 Å². The van der Waals surface area contributed by atoms with Crippen LogP contribution in [-0.2, 0) is 9.53 Å². The largest absolute Gasteiger partial charge is 0.411 e. The van der Waals surface area contributed by atoms with Crippen LogP contribution in [0.5, 0.6) is 0 Å². The third kappa shape index (κ3) is 6.24. The second kappa shape index (κ2) is 7.69. The Bertz CT molecular complexity index is 279. The Morgan fingerprint density at radius 2 is 2.00 bits per heavy atom. The van der Waals surface area contributed by atoms with E-state index in [2.05, 4.69) is 10.1 Å². The molecule has 1 N–H and O–H groups in total. The Labute approximate surface area is 111 Å². The van der Waals surface area contributed by atoms with Crippen molar-refractivity contribution in [3.05, 3.63) is 0 Å². The predicted molar refractivity (Wildman–Crippen MR) is 64.8 cm³/mol. The third-order valence-electron chi connectivity index (χ3n) is 3.14. The van der Waals surface area contributed by atoms with Crippen LogP contribution in [0.25, 0.3) is 0 Å². The highest BCUT2D eigenvalue weighted by Gasteiger charge is 2.28. The highest BCUT2D eigenvalue weighted by molar-refractivity contribution is 5.76. The molecule has 0 spiro atoms. The van der Waals surface area contributed by atoms with Crippen molar-refractivity contribution < 1.29 is 22.7 Å². The van der Waals surface area contributed by atoms with E-state index in [0.717, 1.165) is 25.9 Å². The SMILES string of the molecule is CCN(C(=O)CCOCC(F)(F)F)C1CCNCC1. The van der Waals surface area contributed by atoms with Crippen molar-refractivity contribution in [3.63, 3.8) is 0 Å². The molecule has 0 unspecified atom stereocenters. The number of hydrogen-bond donors (Lipinski definition) is 1. The summed E-state index contributed by atoms with van der Waals surface area (Å²) in [6.07, 6.45) is -2.54. The summed E-state index contributed by atoms with van der Waals surface area (Å²) < 4.78 is 40.1. The average Bonchev–Trinajstić information content (AvgIpc) is 2.36. The Kier molecular flexibility index (Phi) is 6.57. The maximum atomic E-state index is 11.9. The van der Waals surface area contributed by atoms with Gasteiger partial charge in [-0.25, -0.2) is 0 Å². The van der Waals surface area contributed by atoms with E-state index in [1.807, 2.05) is 6.92 Å². The highest BCUT2D eigenvalue weighted by atomic mass is 19.4. The number of amides is 1. The Morgan fingerprint density at radius 1 is 1.37 bits per heavy atom. The van der Waals surface area contributed by atoms with E-state index in [1.54, 1.807) is 4.90 Å². The van der Waals surface area contributed by atoms with Crippen molar-refractivity contribution in [1.82, 2.24) is 10.2 Å². The van der Waals surface area contributed by atoms with Gasteiger partial charge in [-0.1, -0.05) is 0 Å². The van der Waals surface area contributed by atoms with Crippen LogP contribution in [0.2, 0.25) is 0 Å². The maximum Gasteiger partial charge on any atom is 0.411 e. The first-order valence-corrected chi connectivity index (χ1v) is 6.58. The van der Waals surface area contributed by atoms with Crippen molar-refractivity contribution in [2.24, 2.45) is 0 Å². The van der Waals surface area contributed by atoms with Crippen LogP contribution in [0.3, 0.4) is 0 Å². The Hall–Kier alpha value is -0.820. The first-order valence-electron chi connectivity index (χ1n) is 6.58. The van der Waals surface area contributed by atoms with Gasteiger partial charge in [0, 0.05) is 12.6 Å². The van der Waals surface area contributed by atoms with Gasteiger partial charge in [-0.2, -0.15) is 13.2 Å². The second-order valence-corrected chi connectivity index (χ2v) is 4.58. The summed E-state index contributed by atoms with van der Waals surface area (Å²) in [5.74, 6) is -0.128. The molecule has 4 nitrogen and oxygen atoms in total. The first kappa shape index (κ1) is 16.2. The van der Waals surface area contributed by atoms with E-state index < -0.39 is 12.8 Å². The van der Waals surface area contributed by atoms with Gasteiger partial charge in [0.15, 0.2) is 0 Å². The van der Waals surface area contributed by atoms with E-state index in [4.69, 9.17) is 0 Å². The Balaban J connectivity index is 2.29. The summed E-state index contributed by atoms with van der Waals surface area (Å²) in [4.78, 5) is 13.7. The minimum atomic E-state index is -4.33. The average molecular weight is 282 g/mol. The lowest BCUT2D eigenvalue weighted by Crippen LogP contribution is -2.46. The van der Waals surface area contributed by atoms with E-state index in [9.17, 15) is 18.0 Å². The molecule has 1 amide bonds. The fourth-order valence-electron chi connectivity index (χ4n) is 2.25. The molecular formula is C12H21F3N2O2. The monoisotopic (exact) mass is 282 g/mol. The lowest BCUT2D eigenvalue weighted by atomic mass is 10.0. The van der Waals surface area contributed by atoms with Crippen molar-refractivity contribution >= 4 is 5.91 Å². The molecular weight excluding hydrogens is 261 g/mol. The maximum absolute atomic E-state index is 11.9. The lowest BCUT2D eigenvalue weighted by molar-refractivity contribution is -0.175. The molecule has 1 aliphatic heterocycles. The van der Waals surface area contributed by atoms with Gasteiger partial charge in [0.25, 0.3) is 0 Å². The van der Waals surface area contributed by atoms with Crippen LogP contribution >= 0.6 is 0 Å². The zero-order chi connectivity index (χ0) is 14.3. The summed E-state index contributed by atoms with van der Waals surface area (Å²) in [6.45, 7) is 2.75. The number of carbonyl (C=O) groups excluding carboxylic acids is 1. The minimum Gasteiger partial charge on any atom is -0.372 e. The van der Waals surface area contributed by atoms with E-state index >= 15 is 0 Å². The molecule has 0 aromatic rings. The van der Waals surface area contributed by atoms with Gasteiger partial charge in [0.1, 0.15) is 6.61 Å². The zero-order valence-electron chi connectivity index (χ0n) is 11.1. The number of piperidine rings is 1. The van der Waals surface area contributed by atoms with Gasteiger partial charge in [0.05, 0.1) is 13.0 Å². The summed E-state index contributed by atoms with van der Waals surface area (Å²) in [5, 5.41) is 3.21. The molecule has 1 saturated heterocycles.